The lowest BCUT2D eigenvalue weighted by atomic mass is 10.2. The fourth-order valence-electron chi connectivity index (χ4n) is 1.63. The summed E-state index contributed by atoms with van der Waals surface area (Å²) in [6, 6.07) is 0. The van der Waals surface area contributed by atoms with Crippen LogP contribution in [0.4, 0.5) is 0 Å². The van der Waals surface area contributed by atoms with Gasteiger partial charge in [-0.3, -0.25) is 4.90 Å². The van der Waals surface area contributed by atoms with Crippen LogP contribution < -0.4 is 5.73 Å². The van der Waals surface area contributed by atoms with Crippen molar-refractivity contribution >= 4 is 0 Å². The molecule has 0 saturated carbocycles. The van der Waals surface area contributed by atoms with Gasteiger partial charge in [-0.2, -0.15) is 4.98 Å². The van der Waals surface area contributed by atoms with E-state index in [1.165, 1.54) is 0 Å². The summed E-state index contributed by atoms with van der Waals surface area (Å²) >= 11 is 0. The molecule has 1 atom stereocenters. The van der Waals surface area contributed by atoms with Crippen molar-refractivity contribution in [2.24, 2.45) is 5.73 Å². The van der Waals surface area contributed by atoms with Gasteiger partial charge in [-0.05, 0) is 6.54 Å². The van der Waals surface area contributed by atoms with Crippen LogP contribution >= 0.6 is 0 Å². The van der Waals surface area contributed by atoms with Gasteiger partial charge in [-0.1, -0.05) is 12.1 Å². The van der Waals surface area contributed by atoms with E-state index < -0.39 is 0 Å². The third-order valence-electron chi connectivity index (χ3n) is 2.54. The number of ether oxygens (including phenoxy) is 1. The van der Waals surface area contributed by atoms with Crippen molar-refractivity contribution in [2.75, 3.05) is 26.2 Å². The van der Waals surface area contributed by atoms with Crippen LogP contribution in [-0.4, -0.2) is 41.3 Å². The minimum atomic E-state index is -0.0808. The predicted molar refractivity (Wildman–Crippen MR) is 53.0 cm³/mol. The molecule has 0 radical (unpaired) electrons. The van der Waals surface area contributed by atoms with Crippen molar-refractivity contribution in [3.05, 3.63) is 11.7 Å². The summed E-state index contributed by atoms with van der Waals surface area (Å²) in [5.41, 5.74) is 5.40. The van der Waals surface area contributed by atoms with Crippen LogP contribution in [0, 0.1) is 0 Å². The van der Waals surface area contributed by atoms with Crippen LogP contribution in [0.15, 0.2) is 4.52 Å². The summed E-state index contributed by atoms with van der Waals surface area (Å²) in [7, 11) is 0. The number of hydrogen-bond donors (Lipinski definition) is 1. The van der Waals surface area contributed by atoms with Gasteiger partial charge in [0.1, 0.15) is 6.10 Å². The zero-order valence-electron chi connectivity index (χ0n) is 8.85. The summed E-state index contributed by atoms with van der Waals surface area (Å²) in [5, 5.41) is 3.86. The number of nitrogens with zero attached hydrogens (tertiary/aromatic N) is 3. The van der Waals surface area contributed by atoms with Crippen LogP contribution in [0.2, 0.25) is 0 Å². The number of rotatable bonds is 3. The molecule has 1 saturated heterocycles. The van der Waals surface area contributed by atoms with E-state index in [4.69, 9.17) is 15.0 Å². The molecule has 2 rings (SSSR count). The number of likely N-dealkylation sites (N-methyl/N-ethyl adjacent to an activating group) is 1. The van der Waals surface area contributed by atoms with E-state index in [9.17, 15) is 0 Å². The summed E-state index contributed by atoms with van der Waals surface area (Å²) in [6.07, 6.45) is -0.0808. The third kappa shape index (κ3) is 2.34. The first-order valence-corrected chi connectivity index (χ1v) is 5.20. The fourth-order valence-corrected chi connectivity index (χ4v) is 1.63. The lowest BCUT2D eigenvalue weighted by Crippen LogP contribution is -2.38. The van der Waals surface area contributed by atoms with Gasteiger partial charge < -0.3 is 15.0 Å². The first kappa shape index (κ1) is 10.5. The molecular weight excluding hydrogens is 196 g/mol. The quantitative estimate of drug-likeness (QED) is 0.755. The van der Waals surface area contributed by atoms with E-state index in [-0.39, 0.29) is 12.6 Å². The van der Waals surface area contributed by atoms with Crippen molar-refractivity contribution in [2.45, 2.75) is 19.6 Å². The SMILES string of the molecule is CCN1CCOC(c2noc(CN)n2)C1. The molecule has 0 aliphatic carbocycles. The van der Waals surface area contributed by atoms with Crippen LogP contribution in [0.3, 0.4) is 0 Å². The van der Waals surface area contributed by atoms with Gasteiger partial charge in [0.05, 0.1) is 13.2 Å². The second-order valence-electron chi connectivity index (χ2n) is 3.50. The molecule has 0 spiro atoms. The Balaban J connectivity index is 2.03. The van der Waals surface area contributed by atoms with Crippen molar-refractivity contribution in [1.29, 1.82) is 0 Å². The Labute approximate surface area is 88.4 Å². The topological polar surface area (TPSA) is 77.4 Å². The molecule has 1 aromatic heterocycles. The molecule has 2 heterocycles. The molecule has 6 heteroatoms. The fraction of sp³-hybridized carbons (Fsp3) is 0.778. The lowest BCUT2D eigenvalue weighted by Gasteiger charge is -2.30. The first-order chi connectivity index (χ1) is 7.33. The summed E-state index contributed by atoms with van der Waals surface area (Å²) in [4.78, 5) is 6.46. The molecule has 1 unspecified atom stereocenters. The van der Waals surface area contributed by atoms with Crippen molar-refractivity contribution < 1.29 is 9.26 Å². The maximum atomic E-state index is 5.59. The molecule has 1 fully saturated rings. The average Bonchev–Trinajstić information content (AvgIpc) is 2.78. The maximum absolute atomic E-state index is 5.59. The van der Waals surface area contributed by atoms with Crippen LogP contribution in [0.25, 0.3) is 0 Å². The molecule has 0 bridgehead atoms. The molecule has 0 aromatic carbocycles. The predicted octanol–water partition coefficient (Wildman–Crippen LogP) is -0.0785. The Morgan fingerprint density at radius 1 is 1.60 bits per heavy atom. The monoisotopic (exact) mass is 212 g/mol. The number of hydrogen-bond acceptors (Lipinski definition) is 6. The Kier molecular flexibility index (Phi) is 3.30. The Morgan fingerprint density at radius 3 is 3.13 bits per heavy atom. The van der Waals surface area contributed by atoms with E-state index in [1.54, 1.807) is 0 Å². The number of nitrogens with two attached hydrogens (primary N) is 1. The average molecular weight is 212 g/mol. The van der Waals surface area contributed by atoms with E-state index >= 15 is 0 Å². The highest BCUT2D eigenvalue weighted by atomic mass is 16.5. The normalized spacial score (nSPS) is 23.2. The van der Waals surface area contributed by atoms with Crippen LogP contribution in [0.5, 0.6) is 0 Å². The molecule has 0 amide bonds. The zero-order valence-corrected chi connectivity index (χ0v) is 8.85. The number of aromatic nitrogens is 2. The van der Waals surface area contributed by atoms with Crippen LogP contribution in [-0.2, 0) is 11.3 Å². The standard InChI is InChI=1S/C9H16N4O2/c1-2-13-3-4-14-7(6-13)9-11-8(5-10)15-12-9/h7H,2-6,10H2,1H3. The first-order valence-electron chi connectivity index (χ1n) is 5.20. The zero-order chi connectivity index (χ0) is 10.7. The van der Waals surface area contributed by atoms with E-state index in [1.807, 2.05) is 0 Å². The summed E-state index contributed by atoms with van der Waals surface area (Å²) in [6.45, 7) is 5.92. The summed E-state index contributed by atoms with van der Waals surface area (Å²) < 4.78 is 10.5. The van der Waals surface area contributed by atoms with Crippen molar-refractivity contribution in [3.8, 4) is 0 Å². The third-order valence-corrected chi connectivity index (χ3v) is 2.54. The smallest absolute Gasteiger partial charge is 0.240 e. The van der Waals surface area contributed by atoms with Gasteiger partial charge in [-0.15, -0.1) is 0 Å². The van der Waals surface area contributed by atoms with E-state index in [0.717, 1.165) is 19.6 Å². The minimum absolute atomic E-state index is 0.0808. The van der Waals surface area contributed by atoms with Gasteiger partial charge in [0, 0.05) is 13.1 Å². The maximum Gasteiger partial charge on any atom is 0.240 e. The van der Waals surface area contributed by atoms with E-state index in [2.05, 4.69) is 22.0 Å². The highest BCUT2D eigenvalue weighted by molar-refractivity contribution is 4.93. The van der Waals surface area contributed by atoms with Gasteiger partial charge in [-0.25, -0.2) is 0 Å². The molecule has 84 valence electrons. The van der Waals surface area contributed by atoms with Gasteiger partial charge in [0.15, 0.2) is 0 Å². The second kappa shape index (κ2) is 4.69. The Morgan fingerprint density at radius 2 is 2.47 bits per heavy atom. The summed E-state index contributed by atoms with van der Waals surface area (Å²) in [5.74, 6) is 1.07. The van der Waals surface area contributed by atoms with Crippen molar-refractivity contribution in [1.82, 2.24) is 15.0 Å². The van der Waals surface area contributed by atoms with Gasteiger partial charge in [0.25, 0.3) is 0 Å². The highest BCUT2D eigenvalue weighted by Gasteiger charge is 2.25. The molecule has 1 aliphatic rings. The number of morpholine rings is 1. The highest BCUT2D eigenvalue weighted by Crippen LogP contribution is 2.19. The minimum Gasteiger partial charge on any atom is -0.367 e. The Bertz CT molecular complexity index is 315. The van der Waals surface area contributed by atoms with Crippen LogP contribution in [0.1, 0.15) is 24.7 Å². The van der Waals surface area contributed by atoms with Gasteiger partial charge >= 0.3 is 0 Å². The van der Waals surface area contributed by atoms with E-state index in [0.29, 0.717) is 18.3 Å². The molecule has 6 nitrogen and oxygen atoms in total. The second-order valence-corrected chi connectivity index (χ2v) is 3.50. The van der Waals surface area contributed by atoms with Gasteiger partial charge in [0.2, 0.25) is 11.7 Å². The molecule has 1 aliphatic heterocycles. The Hall–Kier alpha value is -0.980. The molecule has 1 aromatic rings. The molecule has 15 heavy (non-hydrogen) atoms. The molecular formula is C9H16N4O2. The lowest BCUT2D eigenvalue weighted by molar-refractivity contribution is -0.0334. The molecule has 2 N–H and O–H groups in total. The largest absolute Gasteiger partial charge is 0.367 e. The van der Waals surface area contributed by atoms with Crippen molar-refractivity contribution in [3.63, 3.8) is 0 Å².